The monoisotopic (exact) mass is 526 g/mol. The summed E-state index contributed by atoms with van der Waals surface area (Å²) < 4.78 is 14.1. The summed E-state index contributed by atoms with van der Waals surface area (Å²) >= 11 is 4.10. The number of fused-ring (bicyclic) bond motifs is 1. The van der Waals surface area contributed by atoms with Crippen LogP contribution in [-0.2, 0) is 4.74 Å². The van der Waals surface area contributed by atoms with Gasteiger partial charge in [0.2, 0.25) is 0 Å². The number of para-hydroxylation sites is 1. The molecule has 1 unspecified atom stereocenters. The van der Waals surface area contributed by atoms with Crippen molar-refractivity contribution < 1.29 is 4.74 Å². The molecule has 162 valence electrons. The van der Waals surface area contributed by atoms with Crippen LogP contribution in [0.2, 0.25) is 18.3 Å². The van der Waals surface area contributed by atoms with Gasteiger partial charge in [-0.2, -0.15) is 0 Å². The second-order valence-corrected chi connectivity index (χ2v) is 22.2. The number of rotatable bonds is 11. The van der Waals surface area contributed by atoms with E-state index in [-0.39, 0.29) is 6.23 Å². The zero-order chi connectivity index (χ0) is 20.7. The first-order valence-electron chi connectivity index (χ1n) is 12.0. The van der Waals surface area contributed by atoms with Gasteiger partial charge in [-0.3, -0.25) is 0 Å². The fourth-order valence-corrected chi connectivity index (χ4v) is 21.3. The minimum absolute atomic E-state index is 0.0485. The molecule has 0 spiro atoms. The number of aromatic nitrogens is 2. The summed E-state index contributed by atoms with van der Waals surface area (Å²) in [6.07, 6.45) is 11.3. The van der Waals surface area contributed by atoms with E-state index in [0.717, 1.165) is 30.0 Å². The molecule has 2 aromatic rings. The van der Waals surface area contributed by atoms with Gasteiger partial charge >= 0.3 is 187 Å². The summed E-state index contributed by atoms with van der Waals surface area (Å²) in [7, 11) is 0. The molecule has 0 N–H and O–H groups in total. The Hall–Kier alpha value is -0.261. The third-order valence-corrected chi connectivity index (χ3v) is 22.1. The van der Waals surface area contributed by atoms with Gasteiger partial charge in [0.15, 0.2) is 0 Å². The van der Waals surface area contributed by atoms with E-state index >= 15 is 0 Å². The van der Waals surface area contributed by atoms with Gasteiger partial charge in [0.05, 0.1) is 0 Å². The van der Waals surface area contributed by atoms with Gasteiger partial charge in [-0.15, -0.1) is 0 Å². The van der Waals surface area contributed by atoms with Crippen molar-refractivity contribution in [1.82, 2.24) is 9.78 Å². The van der Waals surface area contributed by atoms with Gasteiger partial charge in [0.1, 0.15) is 0 Å². The van der Waals surface area contributed by atoms with Crippen LogP contribution in [0, 0.1) is 0 Å². The Morgan fingerprint density at radius 2 is 1.69 bits per heavy atom. The van der Waals surface area contributed by atoms with E-state index in [9.17, 15) is 0 Å². The van der Waals surface area contributed by atoms with E-state index in [2.05, 4.69) is 37.6 Å². The summed E-state index contributed by atoms with van der Waals surface area (Å²) in [5.74, 6) is 0. The quantitative estimate of drug-likeness (QED) is 0.285. The second-order valence-electron chi connectivity index (χ2n) is 8.84. The molecule has 0 aliphatic carbocycles. The molecule has 1 aromatic carbocycles. The van der Waals surface area contributed by atoms with Crippen LogP contribution in [-0.4, -0.2) is 34.8 Å². The SMILES string of the molecule is CCC[CH2][Sn]([CH2]CCC)([CH2]CCC)[c]1nn(C2CCCCO2)c2c(Cl)cccc12. The van der Waals surface area contributed by atoms with Crippen LogP contribution in [0.25, 0.3) is 10.9 Å². The topological polar surface area (TPSA) is 27.1 Å². The molecule has 0 bridgehead atoms. The third-order valence-electron chi connectivity index (χ3n) is 6.64. The van der Waals surface area contributed by atoms with E-state index in [1.165, 1.54) is 67.4 Å². The first-order chi connectivity index (χ1) is 14.2. The van der Waals surface area contributed by atoms with Crippen molar-refractivity contribution >= 4 is 44.6 Å². The standard InChI is InChI=1S/C12H12ClN2O.3C4H9.Sn/c13-10-5-3-4-9-8-14-15(12(9)10)11-6-1-2-7-16-11;3*1-3-4-2;/h3-5,11H,1-2,6-7H2;3*1,3-4H2,2H3;. The van der Waals surface area contributed by atoms with Crippen molar-refractivity contribution in [2.24, 2.45) is 0 Å². The summed E-state index contributed by atoms with van der Waals surface area (Å²) in [5.41, 5.74) is 1.13. The van der Waals surface area contributed by atoms with Gasteiger partial charge in [0, 0.05) is 0 Å². The number of benzene rings is 1. The summed E-state index contributed by atoms with van der Waals surface area (Å²) in [5, 5.41) is 7.57. The van der Waals surface area contributed by atoms with Crippen LogP contribution in [0.4, 0.5) is 0 Å². The van der Waals surface area contributed by atoms with Gasteiger partial charge in [0.25, 0.3) is 0 Å². The Balaban J connectivity index is 2.15. The molecule has 5 heteroatoms. The number of halogens is 1. The van der Waals surface area contributed by atoms with E-state index in [4.69, 9.17) is 21.4 Å². The molecule has 3 rings (SSSR count). The van der Waals surface area contributed by atoms with Gasteiger partial charge in [-0.1, -0.05) is 0 Å². The van der Waals surface area contributed by atoms with Crippen LogP contribution in [0.15, 0.2) is 18.2 Å². The van der Waals surface area contributed by atoms with Crippen molar-refractivity contribution in [1.29, 1.82) is 0 Å². The maximum atomic E-state index is 6.76. The van der Waals surface area contributed by atoms with Gasteiger partial charge < -0.3 is 0 Å². The van der Waals surface area contributed by atoms with E-state index in [1.807, 2.05) is 6.07 Å². The molecule has 1 fully saturated rings. The number of ether oxygens (including phenoxy) is 1. The van der Waals surface area contributed by atoms with Crippen molar-refractivity contribution in [2.75, 3.05) is 6.61 Å². The van der Waals surface area contributed by atoms with Crippen LogP contribution in [0.1, 0.15) is 84.8 Å². The van der Waals surface area contributed by atoms with Crippen molar-refractivity contribution in [3.05, 3.63) is 23.2 Å². The molecular weight excluding hydrogens is 486 g/mol. The average Bonchev–Trinajstić information content (AvgIpc) is 3.16. The van der Waals surface area contributed by atoms with E-state index < -0.39 is 18.4 Å². The Morgan fingerprint density at radius 3 is 2.24 bits per heavy atom. The molecular formula is C24H39ClN2OSn. The first-order valence-corrected chi connectivity index (χ1v) is 19.8. The summed E-state index contributed by atoms with van der Waals surface area (Å²) in [6, 6.07) is 6.44. The molecule has 1 saturated heterocycles. The number of hydrogen-bond donors (Lipinski definition) is 0. The number of hydrogen-bond acceptors (Lipinski definition) is 2. The number of unbranched alkanes of at least 4 members (excludes halogenated alkanes) is 3. The van der Waals surface area contributed by atoms with Crippen molar-refractivity contribution in [3.8, 4) is 0 Å². The molecule has 1 aliphatic rings. The molecule has 3 nitrogen and oxygen atoms in total. The molecule has 0 amide bonds. The van der Waals surface area contributed by atoms with Gasteiger partial charge in [-0.05, 0) is 0 Å². The fourth-order valence-electron chi connectivity index (χ4n) is 4.94. The molecule has 1 atom stereocenters. The molecule has 0 saturated carbocycles. The summed E-state index contributed by atoms with van der Waals surface area (Å²) in [4.78, 5) is 0. The fraction of sp³-hybridized carbons (Fsp3) is 0.708. The van der Waals surface area contributed by atoms with E-state index in [0.29, 0.717) is 0 Å². The Labute approximate surface area is 186 Å². The van der Waals surface area contributed by atoms with Gasteiger partial charge in [-0.25, -0.2) is 0 Å². The minimum atomic E-state index is -2.66. The zero-order valence-electron chi connectivity index (χ0n) is 18.7. The van der Waals surface area contributed by atoms with Crippen molar-refractivity contribution in [3.63, 3.8) is 0 Å². The van der Waals surface area contributed by atoms with Crippen molar-refractivity contribution in [2.45, 2.75) is 98.1 Å². The first kappa shape index (κ1) is 23.4. The summed E-state index contributed by atoms with van der Waals surface area (Å²) in [6.45, 7) is 7.83. The molecule has 0 radical (unpaired) electrons. The zero-order valence-corrected chi connectivity index (χ0v) is 22.3. The van der Waals surface area contributed by atoms with Crippen LogP contribution >= 0.6 is 11.6 Å². The Bertz CT molecular complexity index is 748. The molecule has 1 aromatic heterocycles. The van der Waals surface area contributed by atoms with E-state index in [1.54, 1.807) is 0 Å². The third kappa shape index (κ3) is 5.33. The normalized spacial score (nSPS) is 17.9. The second kappa shape index (κ2) is 11.4. The molecule has 1 aliphatic heterocycles. The Morgan fingerprint density at radius 1 is 1.03 bits per heavy atom. The van der Waals surface area contributed by atoms with Crippen LogP contribution < -0.4 is 3.71 Å². The predicted molar refractivity (Wildman–Crippen MR) is 128 cm³/mol. The average molecular weight is 526 g/mol. The molecule has 29 heavy (non-hydrogen) atoms. The van der Waals surface area contributed by atoms with Crippen LogP contribution in [0.3, 0.4) is 0 Å². The van der Waals surface area contributed by atoms with Crippen LogP contribution in [0.5, 0.6) is 0 Å². The predicted octanol–water partition coefficient (Wildman–Crippen LogP) is 7.44. The molecule has 2 heterocycles. The number of nitrogens with zero attached hydrogens (tertiary/aromatic N) is 2. The maximum absolute atomic E-state index is 6.76. The Kier molecular flexibility index (Phi) is 9.19.